The van der Waals surface area contributed by atoms with Gasteiger partial charge in [0.05, 0.1) is 10.9 Å². The van der Waals surface area contributed by atoms with Gasteiger partial charge in [0.25, 0.3) is 0 Å². The third kappa shape index (κ3) is 5.52. The fraction of sp³-hybridized carbons (Fsp3) is 0.0400. The standard InChI is InChI=1S/C25H18I3OS/c26-19-15-18(25(28)24(27)16-19)17-29-20-11-13-23(14-12-20)30(21-7-3-1-4-8-21)22-9-5-2-6-10-22/h1-16H,17H2/q+1. The third-order valence-electron chi connectivity index (χ3n) is 4.48. The molecule has 30 heavy (non-hydrogen) atoms. The van der Waals surface area contributed by atoms with E-state index in [-0.39, 0.29) is 10.9 Å². The molecule has 4 aromatic carbocycles. The molecule has 0 aliphatic heterocycles. The van der Waals surface area contributed by atoms with E-state index in [1.165, 1.54) is 31.0 Å². The summed E-state index contributed by atoms with van der Waals surface area (Å²) in [5, 5.41) is 0. The lowest BCUT2D eigenvalue weighted by molar-refractivity contribution is 0.305. The molecular weight excluding hydrogens is 729 g/mol. The maximum Gasteiger partial charge on any atom is 0.166 e. The van der Waals surface area contributed by atoms with Crippen molar-refractivity contribution in [2.75, 3.05) is 0 Å². The molecule has 5 heteroatoms. The first-order chi connectivity index (χ1) is 14.6. The van der Waals surface area contributed by atoms with Gasteiger partial charge in [-0.05, 0) is 128 Å². The molecule has 0 saturated heterocycles. The molecule has 4 rings (SSSR count). The SMILES string of the molecule is Ic1cc(I)c(I)c(COc2ccc([S+](c3ccccc3)c3ccccc3)cc2)c1. The molecule has 0 N–H and O–H groups in total. The monoisotopic (exact) mass is 747 g/mol. The van der Waals surface area contributed by atoms with Crippen LogP contribution in [0.5, 0.6) is 5.75 Å². The Hall–Kier alpha value is -0.780. The van der Waals surface area contributed by atoms with Crippen LogP contribution >= 0.6 is 67.8 Å². The number of rotatable bonds is 6. The summed E-state index contributed by atoms with van der Waals surface area (Å²) in [7, 11) is -0.131. The van der Waals surface area contributed by atoms with E-state index in [1.54, 1.807) is 0 Å². The first kappa shape index (κ1) is 22.4. The molecule has 0 saturated carbocycles. The molecule has 4 aromatic rings. The molecule has 0 atom stereocenters. The fourth-order valence-electron chi connectivity index (χ4n) is 3.07. The van der Waals surface area contributed by atoms with Crippen molar-refractivity contribution < 1.29 is 4.74 Å². The summed E-state index contributed by atoms with van der Waals surface area (Å²) in [5.41, 5.74) is 1.23. The van der Waals surface area contributed by atoms with E-state index < -0.39 is 0 Å². The van der Waals surface area contributed by atoms with Crippen LogP contribution in [0.1, 0.15) is 5.56 Å². The first-order valence-electron chi connectivity index (χ1n) is 9.32. The van der Waals surface area contributed by atoms with E-state index in [0.29, 0.717) is 6.61 Å². The van der Waals surface area contributed by atoms with Crippen LogP contribution in [0.3, 0.4) is 0 Å². The van der Waals surface area contributed by atoms with Crippen LogP contribution in [0.15, 0.2) is 112 Å². The minimum absolute atomic E-state index is 0.131. The van der Waals surface area contributed by atoms with Crippen molar-refractivity contribution in [3.63, 3.8) is 0 Å². The predicted octanol–water partition coefficient (Wildman–Crippen LogP) is 8.17. The summed E-state index contributed by atoms with van der Waals surface area (Å²) < 4.78 is 9.89. The summed E-state index contributed by atoms with van der Waals surface area (Å²) in [4.78, 5) is 3.93. The molecule has 0 fully saturated rings. The van der Waals surface area contributed by atoms with E-state index in [1.807, 2.05) is 0 Å². The van der Waals surface area contributed by atoms with Crippen LogP contribution in [0.2, 0.25) is 0 Å². The van der Waals surface area contributed by atoms with Crippen LogP contribution in [0.25, 0.3) is 0 Å². The summed E-state index contributed by atoms with van der Waals surface area (Å²) >= 11 is 7.15. The maximum absolute atomic E-state index is 6.12. The van der Waals surface area contributed by atoms with E-state index in [0.717, 1.165) is 5.75 Å². The smallest absolute Gasteiger partial charge is 0.166 e. The molecule has 150 valence electrons. The molecule has 0 aliphatic rings. The van der Waals surface area contributed by atoms with E-state index >= 15 is 0 Å². The van der Waals surface area contributed by atoms with Crippen LogP contribution in [0, 0.1) is 10.7 Å². The second kappa shape index (κ2) is 10.7. The van der Waals surface area contributed by atoms with E-state index in [9.17, 15) is 0 Å². The molecular formula is C25H18I3OS+. The van der Waals surface area contributed by atoms with Crippen molar-refractivity contribution in [2.45, 2.75) is 21.3 Å². The average molecular weight is 747 g/mol. The number of ether oxygens (including phenoxy) is 1. The van der Waals surface area contributed by atoms with Crippen LogP contribution < -0.4 is 4.74 Å². The highest BCUT2D eigenvalue weighted by Crippen LogP contribution is 2.32. The van der Waals surface area contributed by atoms with Crippen molar-refractivity contribution in [1.29, 1.82) is 0 Å². The lowest BCUT2D eigenvalue weighted by Gasteiger charge is -2.11. The van der Waals surface area contributed by atoms with Crippen molar-refractivity contribution in [3.05, 3.63) is 113 Å². The van der Waals surface area contributed by atoms with E-state index in [4.69, 9.17) is 4.74 Å². The lowest BCUT2D eigenvalue weighted by atomic mass is 10.2. The Bertz CT molecular complexity index is 1080. The van der Waals surface area contributed by atoms with Gasteiger partial charge in [-0.1, -0.05) is 36.4 Å². The summed E-state index contributed by atoms with van der Waals surface area (Å²) in [5.74, 6) is 0.896. The maximum atomic E-state index is 6.12. The molecule has 1 nitrogen and oxygen atoms in total. The number of benzene rings is 4. The largest absolute Gasteiger partial charge is 0.489 e. The normalized spacial score (nSPS) is 10.9. The highest BCUT2D eigenvalue weighted by atomic mass is 127. The fourth-order valence-corrected chi connectivity index (χ4v) is 7.58. The Balaban J connectivity index is 1.57. The van der Waals surface area contributed by atoms with Crippen molar-refractivity contribution in [1.82, 2.24) is 0 Å². The Morgan fingerprint density at radius 3 is 1.73 bits per heavy atom. The molecule has 0 aliphatic carbocycles. The van der Waals surface area contributed by atoms with Gasteiger partial charge >= 0.3 is 0 Å². The second-order valence-electron chi connectivity index (χ2n) is 6.55. The van der Waals surface area contributed by atoms with Gasteiger partial charge in [0.1, 0.15) is 12.4 Å². The topological polar surface area (TPSA) is 9.23 Å². The molecule has 0 aromatic heterocycles. The predicted molar refractivity (Wildman–Crippen MR) is 150 cm³/mol. The quantitative estimate of drug-likeness (QED) is 0.110. The van der Waals surface area contributed by atoms with Crippen molar-refractivity contribution in [2.24, 2.45) is 0 Å². The molecule has 0 heterocycles. The number of halogens is 3. The Morgan fingerprint density at radius 1 is 0.633 bits per heavy atom. The summed E-state index contributed by atoms with van der Waals surface area (Å²) in [6.45, 7) is 0.577. The van der Waals surface area contributed by atoms with Crippen molar-refractivity contribution >= 4 is 78.7 Å². The van der Waals surface area contributed by atoms with Gasteiger partial charge in [0.2, 0.25) is 0 Å². The Labute approximate surface area is 221 Å². The number of hydrogen-bond acceptors (Lipinski definition) is 1. The summed E-state index contributed by atoms with van der Waals surface area (Å²) in [6, 6.07) is 34.4. The minimum Gasteiger partial charge on any atom is -0.489 e. The Kier molecular flexibility index (Phi) is 7.99. The molecule has 0 unspecified atom stereocenters. The van der Waals surface area contributed by atoms with Gasteiger partial charge in [-0.2, -0.15) is 0 Å². The average Bonchev–Trinajstić information content (AvgIpc) is 2.78. The van der Waals surface area contributed by atoms with E-state index in [2.05, 4.69) is 165 Å². The highest BCUT2D eigenvalue weighted by molar-refractivity contribution is 14.1. The number of hydrogen-bond donors (Lipinski definition) is 0. The van der Waals surface area contributed by atoms with Gasteiger partial charge in [-0.3, -0.25) is 0 Å². The molecule has 0 bridgehead atoms. The first-order valence-corrected chi connectivity index (χ1v) is 13.8. The zero-order valence-corrected chi connectivity index (χ0v) is 23.2. The Morgan fingerprint density at radius 2 is 1.17 bits per heavy atom. The molecule has 0 radical (unpaired) electrons. The zero-order chi connectivity index (χ0) is 20.9. The van der Waals surface area contributed by atoms with Gasteiger partial charge in [-0.15, -0.1) is 0 Å². The molecule has 0 amide bonds. The second-order valence-corrected chi connectivity index (χ2v) is 12.1. The van der Waals surface area contributed by atoms with Gasteiger partial charge in [-0.25, -0.2) is 0 Å². The van der Waals surface area contributed by atoms with Gasteiger partial charge < -0.3 is 4.74 Å². The summed E-state index contributed by atoms with van der Waals surface area (Å²) in [6.07, 6.45) is 0. The van der Waals surface area contributed by atoms with Gasteiger partial charge in [0.15, 0.2) is 14.7 Å². The van der Waals surface area contributed by atoms with Crippen LogP contribution in [0.4, 0.5) is 0 Å². The lowest BCUT2D eigenvalue weighted by Crippen LogP contribution is -2.05. The highest BCUT2D eigenvalue weighted by Gasteiger charge is 2.28. The minimum atomic E-state index is -0.131. The zero-order valence-electron chi connectivity index (χ0n) is 15.9. The third-order valence-corrected chi connectivity index (χ3v) is 10.5. The van der Waals surface area contributed by atoms with Gasteiger partial charge in [0, 0.05) is 16.3 Å². The van der Waals surface area contributed by atoms with Crippen LogP contribution in [-0.2, 0) is 17.5 Å². The molecule has 0 spiro atoms. The van der Waals surface area contributed by atoms with Crippen LogP contribution in [-0.4, -0.2) is 0 Å². The van der Waals surface area contributed by atoms with Crippen molar-refractivity contribution in [3.8, 4) is 5.75 Å².